The molecule has 1 amide bonds. The molecule has 3 rings (SSSR count). The Morgan fingerprint density at radius 2 is 2.05 bits per heavy atom. The minimum Gasteiger partial charge on any atom is -0.481 e. The maximum atomic E-state index is 11.8. The molecule has 0 spiro atoms. The number of nitrogens with zero attached hydrogens (tertiary/aromatic N) is 3. The number of carbonyl (C=O) groups excluding carboxylic acids is 1. The number of amides is 1. The number of aliphatic carboxylic acids is 1. The van der Waals surface area contributed by atoms with Crippen LogP contribution in [0.3, 0.4) is 0 Å². The van der Waals surface area contributed by atoms with E-state index in [0.717, 1.165) is 12.8 Å². The second-order valence-electron chi connectivity index (χ2n) is 5.35. The van der Waals surface area contributed by atoms with Crippen molar-refractivity contribution in [3.8, 4) is 0 Å². The summed E-state index contributed by atoms with van der Waals surface area (Å²) in [4.78, 5) is 23.0. The van der Waals surface area contributed by atoms with Crippen LogP contribution >= 0.6 is 0 Å². The molecule has 2 N–H and O–H groups in total. The first kappa shape index (κ1) is 12.1. The van der Waals surface area contributed by atoms with Gasteiger partial charge >= 0.3 is 5.97 Å². The van der Waals surface area contributed by atoms with Crippen LogP contribution in [0.4, 0.5) is 0 Å². The summed E-state index contributed by atoms with van der Waals surface area (Å²) in [6.07, 6.45) is 6.09. The normalized spacial score (nSPS) is 30.2. The minimum atomic E-state index is -0.812. The van der Waals surface area contributed by atoms with Crippen LogP contribution in [0.2, 0.25) is 0 Å². The van der Waals surface area contributed by atoms with Gasteiger partial charge in [0.25, 0.3) is 0 Å². The molecule has 2 fully saturated rings. The summed E-state index contributed by atoms with van der Waals surface area (Å²) in [5.74, 6) is -1.08. The van der Waals surface area contributed by atoms with Crippen molar-refractivity contribution in [3.05, 3.63) is 12.4 Å². The zero-order chi connectivity index (χ0) is 13.4. The predicted octanol–water partition coefficient (Wildman–Crippen LogP) is 0.209. The molecule has 2 saturated carbocycles. The summed E-state index contributed by atoms with van der Waals surface area (Å²) in [5, 5.41) is 19.8. The Bertz CT molecular complexity index is 483. The van der Waals surface area contributed by atoms with Gasteiger partial charge in [0.2, 0.25) is 5.91 Å². The molecular formula is C12H16N4O3. The van der Waals surface area contributed by atoms with Crippen LogP contribution in [0.5, 0.6) is 0 Å². The number of rotatable bonds is 4. The highest BCUT2D eigenvalue weighted by atomic mass is 16.4. The number of carboxylic acids is 1. The molecule has 1 aromatic rings. The van der Waals surface area contributed by atoms with Crippen molar-refractivity contribution >= 4 is 11.9 Å². The highest BCUT2D eigenvalue weighted by Gasteiger charge is 2.42. The number of nitrogens with one attached hydrogen (secondary N) is 1. The molecule has 1 aromatic heterocycles. The first-order chi connectivity index (χ1) is 9.15. The second-order valence-corrected chi connectivity index (χ2v) is 5.35. The van der Waals surface area contributed by atoms with E-state index in [2.05, 4.69) is 15.6 Å². The topological polar surface area (TPSA) is 97.1 Å². The Kier molecular flexibility index (Phi) is 2.96. The van der Waals surface area contributed by atoms with Crippen LogP contribution in [0.1, 0.15) is 31.7 Å². The lowest BCUT2D eigenvalue weighted by molar-refractivity contribution is -0.141. The van der Waals surface area contributed by atoms with Gasteiger partial charge in [-0.2, -0.15) is 0 Å². The molecule has 0 saturated heterocycles. The predicted molar refractivity (Wildman–Crippen MR) is 64.1 cm³/mol. The fourth-order valence-electron chi connectivity index (χ4n) is 2.71. The number of carbonyl (C=O) groups is 2. The minimum absolute atomic E-state index is 0.0427. The van der Waals surface area contributed by atoms with E-state index in [1.54, 1.807) is 17.1 Å². The van der Waals surface area contributed by atoms with Crippen LogP contribution in [-0.4, -0.2) is 38.0 Å². The molecule has 0 aromatic carbocycles. The molecule has 3 atom stereocenters. The lowest BCUT2D eigenvalue weighted by Gasteiger charge is -2.20. The van der Waals surface area contributed by atoms with Gasteiger partial charge in [0.05, 0.1) is 24.2 Å². The van der Waals surface area contributed by atoms with Gasteiger partial charge in [-0.15, -0.1) is 5.10 Å². The summed E-state index contributed by atoms with van der Waals surface area (Å²) in [7, 11) is 0. The second kappa shape index (κ2) is 4.64. The first-order valence-electron chi connectivity index (χ1n) is 6.54. The van der Waals surface area contributed by atoms with E-state index in [1.807, 2.05) is 0 Å². The third kappa shape index (κ3) is 2.45. The lowest BCUT2D eigenvalue weighted by atomic mass is 10.1. The Morgan fingerprint density at radius 1 is 1.26 bits per heavy atom. The Morgan fingerprint density at radius 3 is 2.63 bits per heavy atom. The van der Waals surface area contributed by atoms with E-state index < -0.39 is 11.9 Å². The van der Waals surface area contributed by atoms with E-state index in [1.165, 1.54) is 0 Å². The van der Waals surface area contributed by atoms with Gasteiger partial charge < -0.3 is 10.4 Å². The third-order valence-electron chi connectivity index (χ3n) is 3.93. The molecule has 2 aliphatic rings. The van der Waals surface area contributed by atoms with Crippen molar-refractivity contribution in [1.82, 2.24) is 20.3 Å². The quantitative estimate of drug-likeness (QED) is 0.810. The van der Waals surface area contributed by atoms with Crippen LogP contribution in [0.25, 0.3) is 0 Å². The van der Waals surface area contributed by atoms with Gasteiger partial charge in [-0.1, -0.05) is 5.21 Å². The highest BCUT2D eigenvalue weighted by Crippen LogP contribution is 2.36. The molecule has 1 heterocycles. The largest absolute Gasteiger partial charge is 0.481 e. The summed E-state index contributed by atoms with van der Waals surface area (Å²) in [5.41, 5.74) is 0. The van der Waals surface area contributed by atoms with Gasteiger partial charge in [0.15, 0.2) is 0 Å². The summed E-state index contributed by atoms with van der Waals surface area (Å²) < 4.78 is 1.65. The maximum Gasteiger partial charge on any atom is 0.306 e. The number of hydrogen-bond donors (Lipinski definition) is 2. The SMILES string of the molecule is O=C(O)C1C[C@@H](NC(=O)C2CC2)[C@@H](n2ccnn2)C1. The Balaban J connectivity index is 1.74. The van der Waals surface area contributed by atoms with Crippen molar-refractivity contribution < 1.29 is 14.7 Å². The molecular weight excluding hydrogens is 248 g/mol. The van der Waals surface area contributed by atoms with Crippen LogP contribution in [-0.2, 0) is 9.59 Å². The van der Waals surface area contributed by atoms with Gasteiger partial charge in [0, 0.05) is 12.1 Å². The van der Waals surface area contributed by atoms with E-state index in [-0.39, 0.29) is 23.9 Å². The van der Waals surface area contributed by atoms with Crippen LogP contribution in [0, 0.1) is 11.8 Å². The standard InChI is InChI=1S/C12H16N4O3/c17-11(7-1-2-7)14-9-5-8(12(18)19)6-10(9)16-4-3-13-15-16/h3-4,7-10H,1-2,5-6H2,(H,14,17)(H,18,19)/t8?,9-,10+/m1/s1. The number of hydrogen-bond acceptors (Lipinski definition) is 4. The zero-order valence-electron chi connectivity index (χ0n) is 10.4. The number of aromatic nitrogens is 3. The molecule has 2 aliphatic carbocycles. The molecule has 0 radical (unpaired) electrons. The van der Waals surface area contributed by atoms with Crippen LogP contribution < -0.4 is 5.32 Å². The van der Waals surface area contributed by atoms with E-state index in [0.29, 0.717) is 12.8 Å². The molecule has 7 heteroatoms. The van der Waals surface area contributed by atoms with Crippen molar-refractivity contribution in [2.75, 3.05) is 0 Å². The molecule has 7 nitrogen and oxygen atoms in total. The lowest BCUT2D eigenvalue weighted by Crippen LogP contribution is -2.39. The summed E-state index contributed by atoms with van der Waals surface area (Å²) in [6.45, 7) is 0. The first-order valence-corrected chi connectivity index (χ1v) is 6.54. The van der Waals surface area contributed by atoms with E-state index in [4.69, 9.17) is 5.11 Å². The van der Waals surface area contributed by atoms with E-state index in [9.17, 15) is 9.59 Å². The van der Waals surface area contributed by atoms with Crippen molar-refractivity contribution in [3.63, 3.8) is 0 Å². The van der Waals surface area contributed by atoms with Crippen molar-refractivity contribution in [2.24, 2.45) is 11.8 Å². The van der Waals surface area contributed by atoms with Crippen molar-refractivity contribution in [1.29, 1.82) is 0 Å². The molecule has 102 valence electrons. The zero-order valence-corrected chi connectivity index (χ0v) is 10.4. The fraction of sp³-hybridized carbons (Fsp3) is 0.667. The van der Waals surface area contributed by atoms with Gasteiger partial charge in [-0.3, -0.25) is 9.59 Å². The average Bonchev–Trinajstić information content (AvgIpc) is 2.93. The average molecular weight is 264 g/mol. The fourth-order valence-corrected chi connectivity index (χ4v) is 2.71. The van der Waals surface area contributed by atoms with Crippen LogP contribution in [0.15, 0.2) is 12.4 Å². The highest BCUT2D eigenvalue weighted by molar-refractivity contribution is 5.81. The maximum absolute atomic E-state index is 11.8. The molecule has 1 unspecified atom stereocenters. The van der Waals surface area contributed by atoms with Gasteiger partial charge in [-0.25, -0.2) is 4.68 Å². The number of carboxylic acid groups (broad SMARTS) is 1. The third-order valence-corrected chi connectivity index (χ3v) is 3.93. The summed E-state index contributed by atoms with van der Waals surface area (Å²) >= 11 is 0. The summed E-state index contributed by atoms with van der Waals surface area (Å²) in [6, 6.07) is -0.290. The molecule has 0 bridgehead atoms. The van der Waals surface area contributed by atoms with Gasteiger partial charge in [0.1, 0.15) is 0 Å². The Labute approximate surface area is 110 Å². The molecule has 0 aliphatic heterocycles. The Hall–Kier alpha value is -1.92. The smallest absolute Gasteiger partial charge is 0.306 e. The monoisotopic (exact) mass is 264 g/mol. The molecule has 19 heavy (non-hydrogen) atoms. The van der Waals surface area contributed by atoms with Crippen molar-refractivity contribution in [2.45, 2.75) is 37.8 Å². The van der Waals surface area contributed by atoms with Gasteiger partial charge in [-0.05, 0) is 25.7 Å². The van der Waals surface area contributed by atoms with E-state index >= 15 is 0 Å².